The summed E-state index contributed by atoms with van der Waals surface area (Å²) in [6, 6.07) is 0. The van der Waals surface area contributed by atoms with E-state index in [9.17, 15) is 5.11 Å². The van der Waals surface area contributed by atoms with Crippen molar-refractivity contribution in [1.29, 1.82) is 0 Å². The summed E-state index contributed by atoms with van der Waals surface area (Å²) >= 11 is 0. The number of hydrogen-bond donors (Lipinski definition) is 1. The van der Waals surface area contributed by atoms with Gasteiger partial charge < -0.3 is 14.7 Å². The minimum atomic E-state index is -0.367. The summed E-state index contributed by atoms with van der Waals surface area (Å²) in [7, 11) is 0. The van der Waals surface area contributed by atoms with Crippen LogP contribution in [-0.4, -0.2) is 48.0 Å². The Morgan fingerprint density at radius 1 is 1.26 bits per heavy atom. The molecule has 19 heavy (non-hydrogen) atoms. The number of β-amino-alcohol motifs (C(OH)–C–C–N with tert-alkyl or cyclic N) is 1. The molecule has 1 aliphatic heterocycles. The highest BCUT2D eigenvalue weighted by molar-refractivity contribution is 5.85. The highest BCUT2D eigenvalue weighted by Crippen LogP contribution is 2.21. The van der Waals surface area contributed by atoms with Crippen molar-refractivity contribution in [1.82, 2.24) is 4.90 Å². The third kappa shape index (κ3) is 7.50. The van der Waals surface area contributed by atoms with Crippen molar-refractivity contribution in [3.05, 3.63) is 0 Å². The lowest BCUT2D eigenvalue weighted by Gasteiger charge is -2.36. The summed E-state index contributed by atoms with van der Waals surface area (Å²) in [6.07, 6.45) is 1.91. The van der Waals surface area contributed by atoms with E-state index in [1.54, 1.807) is 0 Å². The number of ether oxygens (including phenoxy) is 1. The Bertz CT molecular complexity index is 238. The molecule has 0 amide bonds. The number of likely N-dealkylation sites (tertiary alicyclic amines) is 1. The minimum Gasteiger partial charge on any atom is -0.389 e. The van der Waals surface area contributed by atoms with E-state index in [4.69, 9.17) is 4.74 Å². The van der Waals surface area contributed by atoms with Crippen LogP contribution in [0.4, 0.5) is 0 Å². The monoisotopic (exact) mass is 293 g/mol. The summed E-state index contributed by atoms with van der Waals surface area (Å²) < 4.78 is 5.76. The Hall–Kier alpha value is 0.170. The first-order valence-electron chi connectivity index (χ1n) is 7.36. The van der Waals surface area contributed by atoms with Gasteiger partial charge in [0.1, 0.15) is 0 Å². The van der Waals surface area contributed by atoms with Crippen molar-refractivity contribution in [2.24, 2.45) is 11.8 Å². The van der Waals surface area contributed by atoms with E-state index in [1.165, 1.54) is 6.42 Å². The zero-order valence-corrected chi connectivity index (χ0v) is 14.0. The molecule has 116 valence electrons. The first-order chi connectivity index (χ1) is 8.32. The molecule has 0 aromatic rings. The molecular weight excluding hydrogens is 262 g/mol. The molecule has 0 aliphatic carbocycles. The predicted molar refractivity (Wildman–Crippen MR) is 83.0 cm³/mol. The Morgan fingerprint density at radius 3 is 2.26 bits per heavy atom. The molecule has 1 fully saturated rings. The van der Waals surface area contributed by atoms with Crippen LogP contribution in [0, 0.1) is 11.8 Å². The standard InChI is InChI=1S/C15H31NO2.ClH/c1-6-15(4,5)18-11-14(17)10-16-8-12(2)7-13(3)9-16;/h12-14,17H,6-11H2,1-5H3;1H. The van der Waals surface area contributed by atoms with Crippen LogP contribution < -0.4 is 0 Å². The number of aliphatic hydroxyl groups is 1. The van der Waals surface area contributed by atoms with Gasteiger partial charge >= 0.3 is 0 Å². The Labute approximate surface area is 125 Å². The van der Waals surface area contributed by atoms with Crippen LogP contribution in [0.1, 0.15) is 47.5 Å². The fourth-order valence-electron chi connectivity index (χ4n) is 2.72. The summed E-state index contributed by atoms with van der Waals surface area (Å²) in [5.74, 6) is 1.49. The maximum Gasteiger partial charge on any atom is 0.0900 e. The van der Waals surface area contributed by atoms with Gasteiger partial charge in [0.2, 0.25) is 0 Å². The molecule has 1 rings (SSSR count). The van der Waals surface area contributed by atoms with Crippen LogP contribution in [0.3, 0.4) is 0 Å². The van der Waals surface area contributed by atoms with E-state index >= 15 is 0 Å². The van der Waals surface area contributed by atoms with Crippen LogP contribution in [0.5, 0.6) is 0 Å². The second-order valence-corrected chi connectivity index (χ2v) is 6.74. The smallest absolute Gasteiger partial charge is 0.0900 e. The lowest BCUT2D eigenvalue weighted by molar-refractivity contribution is -0.0701. The number of hydrogen-bond acceptors (Lipinski definition) is 3. The molecule has 3 atom stereocenters. The average Bonchev–Trinajstić information content (AvgIpc) is 2.25. The lowest BCUT2D eigenvalue weighted by atomic mass is 9.92. The number of nitrogens with zero attached hydrogens (tertiary/aromatic N) is 1. The fraction of sp³-hybridized carbons (Fsp3) is 1.00. The molecule has 3 unspecified atom stereocenters. The Morgan fingerprint density at radius 2 is 1.79 bits per heavy atom. The molecular formula is C15H32ClNO2. The third-order valence-corrected chi connectivity index (χ3v) is 3.93. The summed E-state index contributed by atoms with van der Waals surface area (Å²) in [4.78, 5) is 2.38. The second kappa shape index (κ2) is 8.46. The van der Waals surface area contributed by atoms with Gasteiger partial charge in [-0.1, -0.05) is 20.8 Å². The molecule has 0 aromatic heterocycles. The molecule has 0 aromatic carbocycles. The molecule has 0 saturated carbocycles. The van der Waals surface area contributed by atoms with Crippen molar-refractivity contribution < 1.29 is 9.84 Å². The number of halogens is 1. The maximum absolute atomic E-state index is 10.1. The third-order valence-electron chi connectivity index (χ3n) is 3.93. The van der Waals surface area contributed by atoms with Crippen molar-refractivity contribution in [2.75, 3.05) is 26.2 Å². The van der Waals surface area contributed by atoms with Gasteiger partial charge in [-0.15, -0.1) is 12.4 Å². The number of piperidine rings is 1. The molecule has 1 N–H and O–H groups in total. The van der Waals surface area contributed by atoms with Crippen LogP contribution in [-0.2, 0) is 4.74 Å². The fourth-order valence-corrected chi connectivity index (χ4v) is 2.72. The van der Waals surface area contributed by atoms with E-state index in [0.29, 0.717) is 6.61 Å². The first-order valence-corrected chi connectivity index (χ1v) is 7.36. The van der Waals surface area contributed by atoms with Gasteiger partial charge in [0.05, 0.1) is 18.3 Å². The quantitative estimate of drug-likeness (QED) is 0.817. The molecule has 1 heterocycles. The van der Waals surface area contributed by atoms with Gasteiger partial charge in [-0.3, -0.25) is 0 Å². The van der Waals surface area contributed by atoms with Gasteiger partial charge in [-0.2, -0.15) is 0 Å². The molecule has 1 aliphatic rings. The van der Waals surface area contributed by atoms with Gasteiger partial charge in [0.25, 0.3) is 0 Å². The van der Waals surface area contributed by atoms with Crippen LogP contribution in [0.2, 0.25) is 0 Å². The molecule has 4 heteroatoms. The van der Waals surface area contributed by atoms with E-state index in [2.05, 4.69) is 39.5 Å². The molecule has 3 nitrogen and oxygen atoms in total. The number of rotatable bonds is 6. The highest BCUT2D eigenvalue weighted by atomic mass is 35.5. The minimum absolute atomic E-state index is 0. The van der Waals surface area contributed by atoms with Gasteiger partial charge in [-0.05, 0) is 38.5 Å². The van der Waals surface area contributed by atoms with Gasteiger partial charge in [0, 0.05) is 19.6 Å². The van der Waals surface area contributed by atoms with Gasteiger partial charge in [-0.25, -0.2) is 0 Å². The molecule has 0 radical (unpaired) electrons. The summed E-state index contributed by atoms with van der Waals surface area (Å²) in [5.41, 5.74) is -0.122. The van der Waals surface area contributed by atoms with Crippen molar-refractivity contribution in [2.45, 2.75) is 59.2 Å². The van der Waals surface area contributed by atoms with E-state index in [-0.39, 0.29) is 24.1 Å². The maximum atomic E-state index is 10.1. The zero-order chi connectivity index (χ0) is 13.8. The van der Waals surface area contributed by atoms with Crippen molar-refractivity contribution in [3.63, 3.8) is 0 Å². The Kier molecular flexibility index (Phi) is 8.53. The topological polar surface area (TPSA) is 32.7 Å². The zero-order valence-electron chi connectivity index (χ0n) is 13.2. The largest absolute Gasteiger partial charge is 0.389 e. The normalized spacial score (nSPS) is 26.8. The van der Waals surface area contributed by atoms with E-state index < -0.39 is 0 Å². The average molecular weight is 294 g/mol. The SMILES string of the molecule is CCC(C)(C)OCC(O)CN1CC(C)CC(C)C1.Cl. The second-order valence-electron chi connectivity index (χ2n) is 6.74. The van der Waals surface area contributed by atoms with E-state index in [0.717, 1.165) is 37.9 Å². The first kappa shape index (κ1) is 19.2. The summed E-state index contributed by atoms with van der Waals surface area (Å²) in [5, 5.41) is 10.1. The molecule has 0 bridgehead atoms. The highest BCUT2D eigenvalue weighted by Gasteiger charge is 2.24. The summed E-state index contributed by atoms with van der Waals surface area (Å²) in [6.45, 7) is 14.3. The van der Waals surface area contributed by atoms with Crippen molar-refractivity contribution >= 4 is 12.4 Å². The Balaban J connectivity index is 0.00000324. The lowest BCUT2D eigenvalue weighted by Crippen LogP contribution is -2.44. The van der Waals surface area contributed by atoms with E-state index in [1.807, 2.05) is 0 Å². The molecule has 1 saturated heterocycles. The van der Waals surface area contributed by atoms with Crippen LogP contribution in [0.15, 0.2) is 0 Å². The van der Waals surface area contributed by atoms with Crippen LogP contribution >= 0.6 is 12.4 Å². The van der Waals surface area contributed by atoms with Crippen molar-refractivity contribution in [3.8, 4) is 0 Å². The van der Waals surface area contributed by atoms with Gasteiger partial charge in [0.15, 0.2) is 0 Å². The predicted octanol–water partition coefficient (Wildman–Crippen LogP) is 2.95. The molecule has 0 spiro atoms. The van der Waals surface area contributed by atoms with Crippen LogP contribution in [0.25, 0.3) is 0 Å². The number of aliphatic hydroxyl groups excluding tert-OH is 1.